The molecule has 3 rings (SSSR count). The first kappa shape index (κ1) is 12.7. The summed E-state index contributed by atoms with van der Waals surface area (Å²) in [6.07, 6.45) is 0. The first-order valence-corrected chi connectivity index (χ1v) is 6.69. The number of carbonyl (C=O) groups is 1. The number of benzene rings is 1. The third kappa shape index (κ3) is 2.27. The Morgan fingerprint density at radius 2 is 2.25 bits per heavy atom. The monoisotopic (exact) mass is 292 g/mol. The van der Waals surface area contributed by atoms with Gasteiger partial charge >= 0.3 is 11.9 Å². The third-order valence-corrected chi connectivity index (χ3v) is 3.65. The molecule has 5 nitrogen and oxygen atoms in total. The average molecular weight is 292 g/mol. The molecule has 0 fully saturated rings. The van der Waals surface area contributed by atoms with Crippen LogP contribution in [0.3, 0.4) is 0 Å². The number of ether oxygens (including phenoxy) is 1. The highest BCUT2D eigenvalue weighted by atomic mass is 32.1. The summed E-state index contributed by atoms with van der Waals surface area (Å²) in [7, 11) is 0. The van der Waals surface area contributed by atoms with Crippen molar-refractivity contribution in [1.82, 2.24) is 10.2 Å². The minimum Gasteiger partial charge on any atom is -0.459 e. The van der Waals surface area contributed by atoms with Crippen molar-refractivity contribution in [3.63, 3.8) is 0 Å². The van der Waals surface area contributed by atoms with Crippen LogP contribution in [0.5, 0.6) is 0 Å². The van der Waals surface area contributed by atoms with Gasteiger partial charge in [0.2, 0.25) is 0 Å². The standard InChI is InChI=1S/C13H9FN2O3S/c1-2-18-13(17)12-16-15-11(19-12)10-5-7-3-4-8(14)6-9(7)20-10/h3-6H,2H2,1H3. The Morgan fingerprint density at radius 3 is 3.05 bits per heavy atom. The highest BCUT2D eigenvalue weighted by Crippen LogP contribution is 2.33. The van der Waals surface area contributed by atoms with Crippen molar-refractivity contribution < 1.29 is 18.3 Å². The lowest BCUT2D eigenvalue weighted by molar-refractivity contribution is 0.0481. The molecule has 0 bridgehead atoms. The number of halogens is 1. The molecule has 20 heavy (non-hydrogen) atoms. The largest absolute Gasteiger partial charge is 0.459 e. The first-order valence-electron chi connectivity index (χ1n) is 5.87. The Morgan fingerprint density at radius 1 is 1.40 bits per heavy atom. The maximum absolute atomic E-state index is 13.1. The maximum Gasteiger partial charge on any atom is 0.396 e. The Labute approximate surface area is 117 Å². The van der Waals surface area contributed by atoms with Gasteiger partial charge in [-0.05, 0) is 30.5 Å². The van der Waals surface area contributed by atoms with E-state index in [4.69, 9.17) is 9.15 Å². The molecule has 0 atom stereocenters. The Kier molecular flexibility index (Phi) is 3.19. The van der Waals surface area contributed by atoms with Gasteiger partial charge in [0.15, 0.2) is 0 Å². The second-order valence-electron chi connectivity index (χ2n) is 3.93. The topological polar surface area (TPSA) is 65.2 Å². The van der Waals surface area contributed by atoms with Crippen molar-refractivity contribution in [1.29, 1.82) is 0 Å². The van der Waals surface area contributed by atoms with Crippen LogP contribution in [0.15, 0.2) is 28.7 Å². The van der Waals surface area contributed by atoms with Gasteiger partial charge in [0, 0.05) is 4.70 Å². The Bertz CT molecular complexity index is 781. The van der Waals surface area contributed by atoms with Crippen LogP contribution in [0, 0.1) is 5.82 Å². The maximum atomic E-state index is 13.1. The van der Waals surface area contributed by atoms with Gasteiger partial charge in [-0.25, -0.2) is 9.18 Å². The summed E-state index contributed by atoms with van der Waals surface area (Å²) in [6, 6.07) is 6.30. The molecule has 2 aromatic heterocycles. The fourth-order valence-corrected chi connectivity index (χ4v) is 2.72. The second kappa shape index (κ2) is 5.01. The number of esters is 1. The molecule has 3 aromatic rings. The summed E-state index contributed by atoms with van der Waals surface area (Å²) in [6.45, 7) is 1.93. The number of aromatic nitrogens is 2. The normalized spacial score (nSPS) is 10.9. The highest BCUT2D eigenvalue weighted by Gasteiger charge is 2.18. The van der Waals surface area contributed by atoms with Crippen LogP contribution in [0.4, 0.5) is 4.39 Å². The van der Waals surface area contributed by atoms with Crippen molar-refractivity contribution in [2.45, 2.75) is 6.92 Å². The molecule has 0 aliphatic heterocycles. The van der Waals surface area contributed by atoms with E-state index < -0.39 is 5.97 Å². The quantitative estimate of drug-likeness (QED) is 0.693. The van der Waals surface area contributed by atoms with Gasteiger partial charge in [-0.2, -0.15) is 0 Å². The number of rotatable bonds is 3. The lowest BCUT2D eigenvalue weighted by Crippen LogP contribution is -2.04. The van der Waals surface area contributed by atoms with E-state index in [1.165, 1.54) is 23.5 Å². The predicted octanol–water partition coefficient (Wildman–Crippen LogP) is 3.27. The van der Waals surface area contributed by atoms with Crippen molar-refractivity contribution >= 4 is 27.4 Å². The zero-order chi connectivity index (χ0) is 14.1. The summed E-state index contributed by atoms with van der Waals surface area (Å²) in [5, 5.41) is 8.32. The van der Waals surface area contributed by atoms with Crippen LogP contribution in [0.25, 0.3) is 20.9 Å². The fourth-order valence-electron chi connectivity index (χ4n) is 1.71. The summed E-state index contributed by atoms with van der Waals surface area (Å²) in [4.78, 5) is 12.1. The van der Waals surface area contributed by atoms with Crippen molar-refractivity contribution in [2.75, 3.05) is 6.61 Å². The molecule has 0 aliphatic rings. The lowest BCUT2D eigenvalue weighted by Gasteiger charge is -1.93. The molecule has 102 valence electrons. The van der Waals surface area contributed by atoms with Gasteiger partial charge in [0.1, 0.15) is 5.82 Å². The second-order valence-corrected chi connectivity index (χ2v) is 5.01. The Balaban J connectivity index is 1.96. The molecule has 0 aliphatic carbocycles. The first-order chi connectivity index (χ1) is 9.67. The molecule has 0 spiro atoms. The van der Waals surface area contributed by atoms with Gasteiger partial charge in [-0.3, -0.25) is 0 Å². The summed E-state index contributed by atoms with van der Waals surface area (Å²) in [5.41, 5.74) is 0. The molecule has 0 amide bonds. The third-order valence-electron chi connectivity index (χ3n) is 2.57. The molecule has 0 unspecified atom stereocenters. The van der Waals surface area contributed by atoms with Gasteiger partial charge < -0.3 is 9.15 Å². The van der Waals surface area contributed by atoms with Gasteiger partial charge in [0.25, 0.3) is 5.89 Å². The van der Waals surface area contributed by atoms with Crippen LogP contribution in [0.2, 0.25) is 0 Å². The molecule has 0 saturated heterocycles. The van der Waals surface area contributed by atoms with Crippen LogP contribution >= 0.6 is 11.3 Å². The van der Waals surface area contributed by atoms with E-state index >= 15 is 0 Å². The number of carbonyl (C=O) groups excluding carboxylic acids is 1. The molecule has 0 N–H and O–H groups in total. The van der Waals surface area contributed by atoms with Crippen LogP contribution < -0.4 is 0 Å². The summed E-state index contributed by atoms with van der Waals surface area (Å²) in [5.74, 6) is -0.929. The fraction of sp³-hybridized carbons (Fsp3) is 0.154. The van der Waals surface area contributed by atoms with Crippen molar-refractivity contribution in [2.24, 2.45) is 0 Å². The molecule has 0 saturated carbocycles. The Hall–Kier alpha value is -2.28. The number of hydrogen-bond acceptors (Lipinski definition) is 6. The van der Waals surface area contributed by atoms with Crippen molar-refractivity contribution in [3.8, 4) is 10.8 Å². The molecule has 7 heteroatoms. The van der Waals surface area contributed by atoms with E-state index in [9.17, 15) is 9.18 Å². The minimum atomic E-state index is -0.654. The van der Waals surface area contributed by atoms with Crippen LogP contribution in [0.1, 0.15) is 17.6 Å². The minimum absolute atomic E-state index is 0.189. The molecular formula is C13H9FN2O3S. The summed E-state index contributed by atoms with van der Waals surface area (Å²) >= 11 is 1.31. The molecule has 1 aromatic carbocycles. The molecule has 2 heterocycles. The average Bonchev–Trinajstić information content (AvgIpc) is 3.04. The smallest absolute Gasteiger partial charge is 0.396 e. The van der Waals surface area contributed by atoms with E-state index in [1.807, 2.05) is 6.07 Å². The highest BCUT2D eigenvalue weighted by molar-refractivity contribution is 7.22. The number of hydrogen-bond donors (Lipinski definition) is 0. The van der Waals surface area contributed by atoms with Gasteiger partial charge in [0.05, 0.1) is 11.5 Å². The van der Waals surface area contributed by atoms with E-state index in [2.05, 4.69) is 10.2 Å². The van der Waals surface area contributed by atoms with E-state index in [-0.39, 0.29) is 24.2 Å². The zero-order valence-corrected chi connectivity index (χ0v) is 11.2. The van der Waals surface area contributed by atoms with E-state index in [0.29, 0.717) is 4.88 Å². The molecule has 0 radical (unpaired) electrons. The predicted molar refractivity (Wildman–Crippen MR) is 71.0 cm³/mol. The van der Waals surface area contributed by atoms with E-state index in [1.54, 1.807) is 13.0 Å². The van der Waals surface area contributed by atoms with Gasteiger partial charge in [-0.15, -0.1) is 21.5 Å². The number of thiophene rings is 1. The zero-order valence-electron chi connectivity index (χ0n) is 10.4. The van der Waals surface area contributed by atoms with Crippen molar-refractivity contribution in [3.05, 3.63) is 36.0 Å². The molecular weight excluding hydrogens is 283 g/mol. The van der Waals surface area contributed by atoms with E-state index in [0.717, 1.165) is 10.1 Å². The van der Waals surface area contributed by atoms with Gasteiger partial charge in [-0.1, -0.05) is 6.07 Å². The number of fused-ring (bicyclic) bond motifs is 1. The number of nitrogens with zero attached hydrogens (tertiary/aromatic N) is 2. The van der Waals surface area contributed by atoms with Crippen LogP contribution in [-0.2, 0) is 4.74 Å². The lowest BCUT2D eigenvalue weighted by atomic mass is 10.2. The SMILES string of the molecule is CCOC(=O)c1nnc(-c2cc3ccc(F)cc3s2)o1. The van der Waals surface area contributed by atoms with Crippen LogP contribution in [-0.4, -0.2) is 22.8 Å². The summed E-state index contributed by atoms with van der Waals surface area (Å²) < 4.78 is 23.9.